The maximum Gasteiger partial charge on any atom is 0.296 e. The number of carbonyl (C=O) groups excluding carboxylic acids is 5. The number of Topliss-reactive ketones (excluding diaryl/α,β-unsaturated/α-hetero) is 3. The highest BCUT2D eigenvalue weighted by molar-refractivity contribution is 6.39. The Morgan fingerprint density at radius 2 is 1.55 bits per heavy atom. The molecule has 0 aromatic rings. The number of hydrogen-bond acceptors (Lipinski definition) is 12. The first kappa shape index (κ1) is 55.9. The summed E-state index contributed by atoms with van der Waals surface area (Å²) in [4.78, 5) is 67.0. The molecule has 0 aromatic heterocycles. The fourth-order valence-electron chi connectivity index (χ4n) is 9.65. The second-order valence-corrected chi connectivity index (χ2v) is 19.3. The van der Waals surface area contributed by atoms with Gasteiger partial charge in [-0.3, -0.25) is 24.0 Å². The van der Waals surface area contributed by atoms with E-state index in [-0.39, 0.29) is 47.9 Å². The van der Waals surface area contributed by atoms with E-state index in [1.807, 2.05) is 57.2 Å². The zero-order valence-corrected chi connectivity index (χ0v) is 41.1. The van der Waals surface area contributed by atoms with Gasteiger partial charge in [0.05, 0.1) is 30.5 Å². The number of carbonyl (C=O) groups is 5. The number of hydrogen-bond donors (Lipinski definition) is 3. The minimum absolute atomic E-state index is 0.0297. The molecular weight excluding hydrogens is 831 g/mol. The Morgan fingerprint density at radius 1 is 0.846 bits per heavy atom. The van der Waals surface area contributed by atoms with Crippen LogP contribution >= 0.6 is 0 Å². The van der Waals surface area contributed by atoms with Gasteiger partial charge in [-0.25, -0.2) is 0 Å². The number of methoxy groups -OCH3 is 3. The van der Waals surface area contributed by atoms with E-state index >= 15 is 0 Å². The van der Waals surface area contributed by atoms with Crippen molar-refractivity contribution in [2.75, 3.05) is 27.9 Å². The molecule has 3 N–H and O–H groups in total. The summed E-state index contributed by atoms with van der Waals surface area (Å²) in [5.41, 5.74) is 1.38. The maximum absolute atomic E-state index is 13.5. The third-order valence-electron chi connectivity index (χ3n) is 13.9. The number of aliphatic hydroxyl groups excluding tert-OH is 2. The lowest BCUT2D eigenvalue weighted by Gasteiger charge is -2.42. The van der Waals surface area contributed by atoms with E-state index in [0.717, 1.165) is 37.7 Å². The third kappa shape index (κ3) is 16.1. The number of rotatable bonds is 24. The number of piperidine rings is 1. The average molecular weight is 912 g/mol. The van der Waals surface area contributed by atoms with Crippen LogP contribution in [0, 0.1) is 35.5 Å². The second kappa shape index (κ2) is 26.8. The summed E-state index contributed by atoms with van der Waals surface area (Å²) in [5, 5.41) is 32.8. The van der Waals surface area contributed by atoms with Crippen molar-refractivity contribution in [2.45, 2.75) is 174 Å². The van der Waals surface area contributed by atoms with Crippen molar-refractivity contribution in [3.05, 3.63) is 59.8 Å². The van der Waals surface area contributed by atoms with E-state index in [9.17, 15) is 39.3 Å². The van der Waals surface area contributed by atoms with Crippen LogP contribution in [0.2, 0.25) is 0 Å². The third-order valence-corrected chi connectivity index (χ3v) is 13.9. The minimum Gasteiger partial charge on any atom is -0.390 e. The van der Waals surface area contributed by atoms with Gasteiger partial charge in [0.1, 0.15) is 12.2 Å². The fraction of sp³-hybridized carbons (Fsp3) is 0.712. The molecule has 366 valence electrons. The summed E-state index contributed by atoms with van der Waals surface area (Å²) in [6.45, 7) is 14.7. The van der Waals surface area contributed by atoms with Crippen LogP contribution in [0.3, 0.4) is 0 Å². The topological polar surface area (TPSA) is 186 Å². The van der Waals surface area contributed by atoms with Gasteiger partial charge in [0, 0.05) is 52.0 Å². The molecule has 1 amide bonds. The van der Waals surface area contributed by atoms with Crippen molar-refractivity contribution in [2.24, 2.45) is 35.5 Å². The standard InChI is InChI=1S/C52H81NO12/c1-32(27-36(5)47(57)49(64-11)48(58)37(6)29-35(4)43(55)24-20-33(2)28-40-22-25-44(56)46(30-40)63-10)17-13-12-14-18-34(3)45(62-9)31-41-23-21-38(7)52(61,65-41)50(59)51(60)53-26-16-15-19-42(53)39(8)54/h12-14,17-18,20,24,29,32-33,35-36,38,40-42,44-46,48-49,56,58,61H,15-16,19,21-23,25-28,30-31H2,1-11H3/b14-12+,17-13+,24-20+,34-18+,37-29+/t32-,33+,35-,36-,38-,40+,41+,42+,44-,45+,46-,48-,49+,52-/m1/s1. The Morgan fingerprint density at radius 3 is 2.20 bits per heavy atom. The van der Waals surface area contributed by atoms with Gasteiger partial charge in [0.2, 0.25) is 5.79 Å². The molecule has 3 aliphatic rings. The SMILES string of the molecule is CO[C@@H](C[C@@H]1CC[C@@H](C)[C@](O)(C(=O)C(=O)N2CCCC[C@H]2C(C)=O)O1)/C(C)=C/C=C/C=C/[C@@H](C)C[C@@H](C)C(=O)[C@H](OC)[C@H](O)/C(C)=C/[C@@H](C)C(=O)/C=C/[C@H](C)C[C@@H]1CC[C@@H](O)[C@H](OC)C1. The lowest BCUT2D eigenvalue weighted by Crippen LogP contribution is -2.60. The fourth-order valence-corrected chi connectivity index (χ4v) is 9.65. The number of ketones is 4. The van der Waals surface area contributed by atoms with Crippen LogP contribution in [0.1, 0.15) is 126 Å². The van der Waals surface area contributed by atoms with Crippen molar-refractivity contribution in [3.63, 3.8) is 0 Å². The number of likely N-dealkylation sites (tertiary alicyclic amines) is 1. The summed E-state index contributed by atoms with van der Waals surface area (Å²) < 4.78 is 22.8. The molecule has 3 fully saturated rings. The highest BCUT2D eigenvalue weighted by Gasteiger charge is 2.52. The van der Waals surface area contributed by atoms with Gasteiger partial charge in [-0.15, -0.1) is 0 Å². The summed E-state index contributed by atoms with van der Waals surface area (Å²) >= 11 is 0. The van der Waals surface area contributed by atoms with Crippen LogP contribution in [0.5, 0.6) is 0 Å². The molecule has 2 saturated heterocycles. The van der Waals surface area contributed by atoms with Crippen molar-refractivity contribution in [1.29, 1.82) is 0 Å². The molecule has 0 spiro atoms. The quantitative estimate of drug-likeness (QED) is 0.0390. The zero-order chi connectivity index (χ0) is 48.6. The predicted octanol–water partition coefficient (Wildman–Crippen LogP) is 7.01. The summed E-state index contributed by atoms with van der Waals surface area (Å²) in [6.07, 6.45) is 18.2. The minimum atomic E-state index is -2.30. The van der Waals surface area contributed by atoms with Crippen molar-refractivity contribution >= 4 is 29.0 Å². The molecular formula is C52H81NO12. The Balaban J connectivity index is 1.51. The van der Waals surface area contributed by atoms with E-state index in [1.54, 1.807) is 47.1 Å². The zero-order valence-electron chi connectivity index (χ0n) is 41.1. The van der Waals surface area contributed by atoms with Gasteiger partial charge >= 0.3 is 0 Å². The van der Waals surface area contributed by atoms with Gasteiger partial charge in [0.25, 0.3) is 11.7 Å². The number of amides is 1. The molecule has 0 unspecified atom stereocenters. The highest BCUT2D eigenvalue weighted by atomic mass is 16.6. The molecule has 0 aromatic carbocycles. The Kier molecular flexibility index (Phi) is 23.0. The van der Waals surface area contributed by atoms with E-state index in [1.165, 1.54) is 18.9 Å². The van der Waals surface area contributed by atoms with E-state index in [0.29, 0.717) is 50.0 Å². The van der Waals surface area contributed by atoms with Crippen LogP contribution in [0.4, 0.5) is 0 Å². The van der Waals surface area contributed by atoms with E-state index in [4.69, 9.17) is 18.9 Å². The number of ether oxygens (including phenoxy) is 4. The first-order chi connectivity index (χ1) is 30.7. The van der Waals surface area contributed by atoms with E-state index in [2.05, 4.69) is 6.92 Å². The van der Waals surface area contributed by atoms with Crippen LogP contribution in [0.15, 0.2) is 59.8 Å². The molecule has 14 atom stereocenters. The molecule has 0 bridgehead atoms. The molecule has 65 heavy (non-hydrogen) atoms. The molecule has 13 nitrogen and oxygen atoms in total. The van der Waals surface area contributed by atoms with Gasteiger partial charge in [0.15, 0.2) is 17.3 Å². The van der Waals surface area contributed by atoms with E-state index < -0.39 is 65.7 Å². The first-order valence-corrected chi connectivity index (χ1v) is 23.8. The molecule has 2 heterocycles. The summed E-state index contributed by atoms with van der Waals surface area (Å²) in [6, 6.07) is -0.672. The van der Waals surface area contributed by atoms with Crippen LogP contribution in [0.25, 0.3) is 0 Å². The Hall–Kier alpha value is -3.43. The number of nitrogens with zero attached hydrogens (tertiary/aromatic N) is 1. The highest BCUT2D eigenvalue weighted by Crippen LogP contribution is 2.37. The Bertz CT molecular complexity index is 1750. The first-order valence-electron chi connectivity index (χ1n) is 23.8. The monoisotopic (exact) mass is 912 g/mol. The maximum atomic E-state index is 13.5. The van der Waals surface area contributed by atoms with Gasteiger partial charge in [-0.1, -0.05) is 77.2 Å². The van der Waals surface area contributed by atoms with Gasteiger partial charge < -0.3 is 39.2 Å². The van der Waals surface area contributed by atoms with Crippen LogP contribution in [-0.2, 0) is 42.9 Å². The smallest absolute Gasteiger partial charge is 0.296 e. The molecule has 13 heteroatoms. The van der Waals surface area contributed by atoms with Crippen molar-refractivity contribution in [3.8, 4) is 0 Å². The molecule has 1 aliphatic carbocycles. The van der Waals surface area contributed by atoms with Gasteiger partial charge in [-0.2, -0.15) is 0 Å². The van der Waals surface area contributed by atoms with Crippen LogP contribution in [-0.4, -0.2) is 126 Å². The largest absolute Gasteiger partial charge is 0.390 e. The molecule has 0 radical (unpaired) electrons. The molecule has 3 rings (SSSR count). The average Bonchev–Trinajstić information content (AvgIpc) is 3.28. The molecule has 1 saturated carbocycles. The predicted molar refractivity (Wildman–Crippen MR) is 250 cm³/mol. The number of aliphatic hydroxyl groups is 3. The summed E-state index contributed by atoms with van der Waals surface area (Å²) in [5.74, 6) is -5.60. The Labute approximate surface area is 388 Å². The van der Waals surface area contributed by atoms with Gasteiger partial charge in [-0.05, 0) is 120 Å². The van der Waals surface area contributed by atoms with Crippen molar-refractivity contribution in [1.82, 2.24) is 4.90 Å². The number of allylic oxidation sites excluding steroid dienone is 8. The summed E-state index contributed by atoms with van der Waals surface area (Å²) in [7, 11) is 4.61. The lowest BCUT2D eigenvalue weighted by molar-refractivity contribution is -0.265. The normalized spacial score (nSPS) is 29.4. The molecule has 2 aliphatic heterocycles. The second-order valence-electron chi connectivity index (χ2n) is 19.3. The lowest BCUT2D eigenvalue weighted by atomic mass is 9.80. The van der Waals surface area contributed by atoms with Crippen LogP contribution < -0.4 is 0 Å². The van der Waals surface area contributed by atoms with Crippen molar-refractivity contribution < 1.29 is 58.2 Å².